The van der Waals surface area contributed by atoms with Gasteiger partial charge in [0.05, 0.1) is 5.56 Å². The first-order chi connectivity index (χ1) is 8.11. The molecule has 0 fully saturated rings. The molecule has 4 nitrogen and oxygen atoms in total. The van der Waals surface area contributed by atoms with Crippen molar-refractivity contribution in [3.8, 4) is 0 Å². The first-order valence-corrected chi connectivity index (χ1v) is 6.22. The lowest BCUT2D eigenvalue weighted by Crippen LogP contribution is -2.11. The van der Waals surface area contributed by atoms with Crippen LogP contribution in [0.4, 0.5) is 4.39 Å². The van der Waals surface area contributed by atoms with Crippen LogP contribution in [0.1, 0.15) is 10.4 Å². The highest BCUT2D eigenvalue weighted by Crippen LogP contribution is 2.26. The number of nitrogens with two attached hydrogens (primary N) is 1. The summed E-state index contributed by atoms with van der Waals surface area (Å²) in [5.41, 5.74) is 5.61. The van der Waals surface area contributed by atoms with E-state index >= 15 is 0 Å². The average molecular weight is 275 g/mol. The number of rotatable bonds is 4. The molecule has 2 rings (SSSR count). The number of oxazole rings is 1. The molecule has 0 aliphatic heterocycles. The van der Waals surface area contributed by atoms with E-state index < -0.39 is 11.7 Å². The van der Waals surface area contributed by atoms with E-state index in [1.165, 1.54) is 17.8 Å². The molecule has 2 N–H and O–H groups in total. The Kier molecular flexibility index (Phi) is 3.54. The molecule has 1 amide bonds. The van der Waals surface area contributed by atoms with E-state index in [-0.39, 0.29) is 16.7 Å². The number of nitrogens with zero attached hydrogens (tertiary/aromatic N) is 1. The van der Waals surface area contributed by atoms with Crippen LogP contribution in [-0.4, -0.2) is 22.5 Å². The highest BCUT2D eigenvalue weighted by molar-refractivity contribution is 7.99. The van der Waals surface area contributed by atoms with Crippen molar-refractivity contribution < 1.29 is 13.6 Å². The Labute approximate surface area is 105 Å². The second-order valence-corrected chi connectivity index (χ2v) is 4.61. The zero-order valence-corrected chi connectivity index (χ0v) is 10.1. The maximum atomic E-state index is 13.2. The highest BCUT2D eigenvalue weighted by atomic mass is 35.5. The fourth-order valence-electron chi connectivity index (χ4n) is 1.35. The summed E-state index contributed by atoms with van der Waals surface area (Å²) in [6, 6.07) is 2.22. The van der Waals surface area contributed by atoms with Gasteiger partial charge in [-0.15, -0.1) is 11.6 Å². The number of hydrogen-bond donors (Lipinski definition) is 1. The molecule has 0 unspecified atom stereocenters. The molecule has 0 saturated carbocycles. The molecule has 0 aliphatic rings. The lowest BCUT2D eigenvalue weighted by atomic mass is 10.2. The van der Waals surface area contributed by atoms with E-state index in [0.29, 0.717) is 16.9 Å². The Bertz CT molecular complexity index is 573. The summed E-state index contributed by atoms with van der Waals surface area (Å²) in [6.45, 7) is 0. The number of aromatic nitrogens is 1. The topological polar surface area (TPSA) is 69.1 Å². The lowest BCUT2D eigenvalue weighted by Gasteiger charge is -1.95. The summed E-state index contributed by atoms with van der Waals surface area (Å²) < 4.78 is 18.5. The number of benzene rings is 1. The molecule has 7 heteroatoms. The average Bonchev–Trinajstić information content (AvgIpc) is 2.67. The molecule has 0 bridgehead atoms. The minimum Gasteiger partial charge on any atom is -0.430 e. The van der Waals surface area contributed by atoms with Gasteiger partial charge in [-0.05, 0) is 6.07 Å². The molecule has 0 radical (unpaired) electrons. The molecule has 17 heavy (non-hydrogen) atoms. The van der Waals surface area contributed by atoms with Crippen molar-refractivity contribution in [1.29, 1.82) is 0 Å². The number of hydrogen-bond acceptors (Lipinski definition) is 4. The standard InChI is InChI=1S/C10H8ClFN2O2S/c11-1-2-17-10-14-7-4-5(12)3-6(9(13)15)8(7)16-10/h3-4H,1-2H2,(H2,13,15). The van der Waals surface area contributed by atoms with Crippen LogP contribution in [-0.2, 0) is 0 Å². The number of amides is 1. The third-order valence-electron chi connectivity index (χ3n) is 2.00. The summed E-state index contributed by atoms with van der Waals surface area (Å²) >= 11 is 6.82. The van der Waals surface area contributed by atoms with Gasteiger partial charge in [-0.2, -0.15) is 0 Å². The Balaban J connectivity index is 2.51. The molecule has 0 aliphatic carbocycles. The van der Waals surface area contributed by atoms with Gasteiger partial charge in [-0.3, -0.25) is 4.79 Å². The second-order valence-electron chi connectivity index (χ2n) is 3.18. The van der Waals surface area contributed by atoms with E-state index in [1.807, 2.05) is 0 Å². The number of primary amides is 1. The van der Waals surface area contributed by atoms with Crippen LogP contribution in [0, 0.1) is 5.82 Å². The summed E-state index contributed by atoms with van der Waals surface area (Å²) in [4.78, 5) is 15.2. The number of alkyl halides is 1. The second kappa shape index (κ2) is 4.93. The highest BCUT2D eigenvalue weighted by Gasteiger charge is 2.15. The van der Waals surface area contributed by atoms with Gasteiger partial charge in [0, 0.05) is 17.7 Å². The maximum Gasteiger partial charge on any atom is 0.256 e. The zero-order valence-electron chi connectivity index (χ0n) is 8.57. The Morgan fingerprint density at radius 1 is 1.59 bits per heavy atom. The minimum atomic E-state index is -0.750. The van der Waals surface area contributed by atoms with Gasteiger partial charge >= 0.3 is 0 Å². The van der Waals surface area contributed by atoms with E-state index in [4.69, 9.17) is 21.8 Å². The Morgan fingerprint density at radius 2 is 2.35 bits per heavy atom. The van der Waals surface area contributed by atoms with E-state index in [2.05, 4.69) is 4.98 Å². The van der Waals surface area contributed by atoms with Crippen molar-refractivity contribution >= 4 is 40.4 Å². The van der Waals surface area contributed by atoms with Crippen LogP contribution in [0.25, 0.3) is 11.1 Å². The fraction of sp³-hybridized carbons (Fsp3) is 0.200. The summed E-state index contributed by atoms with van der Waals surface area (Å²) in [5, 5.41) is 0.341. The summed E-state index contributed by atoms with van der Waals surface area (Å²) in [6.07, 6.45) is 0. The van der Waals surface area contributed by atoms with Crippen LogP contribution >= 0.6 is 23.4 Å². The number of halogens is 2. The van der Waals surface area contributed by atoms with Gasteiger partial charge in [0.25, 0.3) is 11.1 Å². The van der Waals surface area contributed by atoms with Gasteiger partial charge in [0.1, 0.15) is 11.3 Å². The van der Waals surface area contributed by atoms with Gasteiger partial charge in [-0.25, -0.2) is 9.37 Å². The van der Waals surface area contributed by atoms with E-state index in [0.717, 1.165) is 6.07 Å². The van der Waals surface area contributed by atoms with E-state index in [9.17, 15) is 9.18 Å². The first-order valence-electron chi connectivity index (χ1n) is 4.70. The molecule has 0 atom stereocenters. The van der Waals surface area contributed by atoms with Crippen molar-refractivity contribution in [3.63, 3.8) is 0 Å². The predicted molar refractivity (Wildman–Crippen MR) is 63.9 cm³/mol. The quantitative estimate of drug-likeness (QED) is 0.686. The third kappa shape index (κ3) is 2.53. The van der Waals surface area contributed by atoms with Gasteiger partial charge in [0.15, 0.2) is 5.58 Å². The van der Waals surface area contributed by atoms with Crippen molar-refractivity contribution in [1.82, 2.24) is 4.98 Å². The Morgan fingerprint density at radius 3 is 3.00 bits per heavy atom. The Hall–Kier alpha value is -1.27. The van der Waals surface area contributed by atoms with Gasteiger partial charge < -0.3 is 10.2 Å². The van der Waals surface area contributed by atoms with Crippen molar-refractivity contribution in [2.24, 2.45) is 5.73 Å². The number of thioether (sulfide) groups is 1. The fourth-order valence-corrected chi connectivity index (χ4v) is 2.14. The lowest BCUT2D eigenvalue weighted by molar-refractivity contribution is 0.100. The van der Waals surface area contributed by atoms with Gasteiger partial charge in [0.2, 0.25) is 0 Å². The molecular weight excluding hydrogens is 267 g/mol. The minimum absolute atomic E-state index is 0.00905. The molecule has 0 saturated heterocycles. The number of carbonyl (C=O) groups excluding carboxylic acids is 1. The normalized spacial score (nSPS) is 10.9. The van der Waals surface area contributed by atoms with Crippen LogP contribution in [0.3, 0.4) is 0 Å². The van der Waals surface area contributed by atoms with Crippen molar-refractivity contribution in [3.05, 3.63) is 23.5 Å². The smallest absolute Gasteiger partial charge is 0.256 e. The van der Waals surface area contributed by atoms with Crippen LogP contribution in [0.5, 0.6) is 0 Å². The van der Waals surface area contributed by atoms with Gasteiger partial charge in [-0.1, -0.05) is 11.8 Å². The zero-order chi connectivity index (χ0) is 12.4. The third-order valence-corrected chi connectivity index (χ3v) is 3.25. The maximum absolute atomic E-state index is 13.2. The predicted octanol–water partition coefficient (Wildman–Crippen LogP) is 2.40. The monoisotopic (exact) mass is 274 g/mol. The SMILES string of the molecule is NC(=O)c1cc(F)cc2nc(SCCCl)oc12. The summed E-state index contributed by atoms with van der Waals surface area (Å²) in [7, 11) is 0. The first kappa shape index (κ1) is 12.2. The van der Waals surface area contributed by atoms with Crippen LogP contribution in [0.15, 0.2) is 21.8 Å². The summed E-state index contributed by atoms with van der Waals surface area (Å²) in [5.74, 6) is -0.267. The van der Waals surface area contributed by atoms with Crippen molar-refractivity contribution in [2.45, 2.75) is 5.22 Å². The largest absolute Gasteiger partial charge is 0.430 e. The van der Waals surface area contributed by atoms with E-state index in [1.54, 1.807) is 0 Å². The van der Waals surface area contributed by atoms with Crippen molar-refractivity contribution in [2.75, 3.05) is 11.6 Å². The molecular formula is C10H8ClFN2O2S. The van der Waals surface area contributed by atoms with Crippen LogP contribution in [0.2, 0.25) is 0 Å². The molecule has 1 aromatic heterocycles. The molecule has 90 valence electrons. The molecule has 1 heterocycles. The van der Waals surface area contributed by atoms with Crippen LogP contribution < -0.4 is 5.73 Å². The molecule has 1 aromatic carbocycles. The number of carbonyl (C=O) groups is 1. The molecule has 0 spiro atoms. The molecule has 2 aromatic rings. The number of fused-ring (bicyclic) bond motifs is 1.